The van der Waals surface area contributed by atoms with Gasteiger partial charge in [0.2, 0.25) is 5.78 Å². The highest BCUT2D eigenvalue weighted by Crippen LogP contribution is 2.37. The van der Waals surface area contributed by atoms with E-state index in [1.807, 2.05) is 267 Å². The van der Waals surface area contributed by atoms with E-state index in [0.717, 1.165) is 108 Å². The van der Waals surface area contributed by atoms with Crippen molar-refractivity contribution in [2.45, 2.75) is 133 Å². The summed E-state index contributed by atoms with van der Waals surface area (Å²) in [7, 11) is 0. The number of benzene rings is 6. The molecule has 33 nitrogen and oxygen atoms in total. The highest BCUT2D eigenvalue weighted by Gasteiger charge is 2.27. The van der Waals surface area contributed by atoms with Crippen molar-refractivity contribution >= 4 is 144 Å². The van der Waals surface area contributed by atoms with E-state index >= 15 is 0 Å². The number of ether oxygens (including phenoxy) is 1. The first kappa shape index (κ1) is 111. The standard InChI is InChI=1S/C23H21N5O2.C22H20N6O2.C20H19N5.C13H13ClN2.C13H14N2O.C8H14O3.C7H9N3.C7H8N2.ClH/c1-13(2)16-11-25-21(15-7-5-4-6-8-15)28-22(16)27-18-9-10-24-23-19(18)17(12-26-23)20(30)14(3)29;1-12(2)14-10-25-20(13-6-4-3-5-7-13)28-21(14)27-16-8-9-24-22-17(16)15(11-26-22)18(29)19(23)30;1-13(2)16-12-23-18(14-6-4-3-5-7-14)25-20(16)24-17-9-11-22-19-15(17)8-10-21-19;1-9(2)11-8-15-13(16-12(11)14)10-6-4-3-5-7-10;1-9(2)11-8-14-12(15-13(11)16)10-6-4-3-5-7-10;1-4-11-8(10)7(5-9)6(2)3;8-6-2-4-10-7-5(6)1-3-9-7;8-7(9)6-4-2-1-3-5-6;/h4-13H,1-3H3,(H2,24,25,26,27,28);3-12H,1-2H3,(H2,23,30)(H2,24,25,26,27,28);3-13H,1-2H3,(H2,21,22,23,24,25);3-9H,1-2H3;3-9H,1-2H3,(H,14,15,16);5-7H,4H2,1-3H3;2,4H,1,3H2,(H3,8,9,10);1-5H,(H3,8,9);1H. The molecule has 35 heteroatoms. The van der Waals surface area contributed by atoms with Crippen LogP contribution in [0.4, 0.5) is 46.0 Å². The number of nitrogens with two attached hydrogens (primary N) is 3. The summed E-state index contributed by atoms with van der Waals surface area (Å²) in [6, 6.07) is 67.4. The fraction of sp³-hybridized carbons (Fsp3) is 0.212. The number of pyridine rings is 4. The minimum Gasteiger partial charge on any atom is -0.465 e. The zero-order valence-corrected chi connectivity index (χ0v) is 86.0. The minimum absolute atomic E-state index is 0. The van der Waals surface area contributed by atoms with E-state index in [4.69, 9.17) is 49.2 Å². The van der Waals surface area contributed by atoms with E-state index in [0.29, 0.717) is 104 Å². The number of nitrogen functional groups attached to an aromatic ring is 2. The molecule has 18 aromatic rings. The molecule has 6 aromatic carbocycles. The van der Waals surface area contributed by atoms with Gasteiger partial charge in [-0.05, 0) is 79.2 Å². The lowest BCUT2D eigenvalue weighted by Crippen LogP contribution is -2.23. The quantitative estimate of drug-likeness (QED) is 0.00369. The van der Waals surface area contributed by atoms with Crippen molar-refractivity contribution in [3.8, 4) is 56.9 Å². The van der Waals surface area contributed by atoms with Gasteiger partial charge < -0.3 is 67.9 Å². The number of nitrogens with one attached hydrogen (secondary N) is 9. The fourth-order valence-corrected chi connectivity index (χ4v) is 15.3. The maximum atomic E-state index is 12.4. The van der Waals surface area contributed by atoms with E-state index in [1.54, 1.807) is 56.2 Å². The van der Waals surface area contributed by atoms with Gasteiger partial charge in [-0.3, -0.25) is 34.2 Å². The number of fused-ring (bicyclic) bond motifs is 4. The summed E-state index contributed by atoms with van der Waals surface area (Å²) in [5, 5.41) is 22.9. The maximum Gasteiger partial charge on any atom is 0.316 e. The number of nitrogens with zero attached hydrogens (tertiary/aromatic N) is 13. The zero-order chi connectivity index (χ0) is 105. The van der Waals surface area contributed by atoms with Crippen molar-refractivity contribution in [3.63, 3.8) is 0 Å². The average Bonchev–Trinajstić information content (AvgIpc) is 1.61. The van der Waals surface area contributed by atoms with Crippen LogP contribution in [0.5, 0.6) is 0 Å². The van der Waals surface area contributed by atoms with Crippen LogP contribution in [-0.2, 0) is 30.3 Å². The van der Waals surface area contributed by atoms with E-state index in [-0.39, 0.29) is 58.6 Å². The van der Waals surface area contributed by atoms with Crippen LogP contribution < -0.4 is 44.0 Å². The molecule has 0 radical (unpaired) electrons. The highest BCUT2D eigenvalue weighted by atomic mass is 35.5. The maximum absolute atomic E-state index is 12.4. The number of Topliss-reactive ketones (excluding diaryl/α,β-unsaturated/α-hetero) is 3. The summed E-state index contributed by atoms with van der Waals surface area (Å²) >= 11 is 6.12. The summed E-state index contributed by atoms with van der Waals surface area (Å²) < 4.78 is 4.69. The Balaban J connectivity index is 0.000000166. The number of amides is 1. The number of carbonyl (C=O) groups is 6. The lowest BCUT2D eigenvalue weighted by Gasteiger charge is -2.15. The Morgan fingerprint density at radius 2 is 0.845 bits per heavy atom. The van der Waals surface area contributed by atoms with Crippen LogP contribution in [0.3, 0.4) is 0 Å². The van der Waals surface area contributed by atoms with Crippen LogP contribution in [0.25, 0.3) is 90.0 Å². The summed E-state index contributed by atoms with van der Waals surface area (Å²) in [6.45, 7) is 28.5. The van der Waals surface area contributed by atoms with Crippen molar-refractivity contribution in [2.24, 2.45) is 23.3 Å². The lowest BCUT2D eigenvalue weighted by molar-refractivity contribution is -0.150. The van der Waals surface area contributed by atoms with Gasteiger partial charge in [0.15, 0.2) is 29.1 Å². The molecule has 148 heavy (non-hydrogen) atoms. The molecule has 19 rings (SSSR count). The molecule has 1 aliphatic rings. The van der Waals surface area contributed by atoms with Crippen molar-refractivity contribution in [1.82, 2.24) is 84.7 Å². The Morgan fingerprint density at radius 1 is 0.459 bits per heavy atom. The molecule has 0 saturated heterocycles. The molecule has 12 aromatic heterocycles. The number of H-pyrrole nitrogens is 4. The number of halogens is 2. The van der Waals surface area contributed by atoms with E-state index < -0.39 is 35.1 Å². The van der Waals surface area contributed by atoms with Crippen LogP contribution in [-0.4, -0.2) is 139 Å². The van der Waals surface area contributed by atoms with Crippen molar-refractivity contribution in [1.29, 1.82) is 5.41 Å². The van der Waals surface area contributed by atoms with Gasteiger partial charge in [0, 0.05) is 166 Å². The third-order valence-corrected chi connectivity index (χ3v) is 23.3. The van der Waals surface area contributed by atoms with Gasteiger partial charge in [0.05, 0.1) is 45.6 Å². The SMILES string of the molecule is CC(=O)C(=O)c1c[nH]c2nccc(Nc3nc(-c4ccccc4)ncc3C(C)C)c12.CC(C)c1cnc(-c2ccccc2)[nH]c1=O.CC(C)c1cnc(-c2ccccc2)nc1Cl.CC(C)c1cnc(-c2ccccc2)nc1Nc1ccnc2[nH]cc(C(=O)C(N)=O)c12.CC(C)c1cnc(-c2ccccc2)nc1Nc1ccnc2[nH]ccc12.CCOC(=O)C(C=O)C(C)C.Cl.N=C(N)c1ccccc1.Nc1ccnc2c1CCN2. The van der Waals surface area contributed by atoms with Crippen LogP contribution in [0.2, 0.25) is 5.15 Å². The van der Waals surface area contributed by atoms with Crippen molar-refractivity contribution in [2.75, 3.05) is 40.2 Å². The highest BCUT2D eigenvalue weighted by molar-refractivity contribution is 6.46. The monoisotopic (exact) mass is 2020 g/mol. The molecule has 0 spiro atoms. The Morgan fingerprint density at radius 3 is 1.22 bits per heavy atom. The Hall–Kier alpha value is -17.6. The van der Waals surface area contributed by atoms with E-state index in [9.17, 15) is 33.6 Å². The second kappa shape index (κ2) is 53.7. The molecule has 1 amide bonds. The molecule has 15 N–H and O–H groups in total. The molecule has 0 saturated carbocycles. The van der Waals surface area contributed by atoms with Gasteiger partial charge in [-0.2, -0.15) is 0 Å². The number of carbonyl (C=O) groups excluding carboxylic acids is 6. The normalized spacial score (nSPS) is 11.1. The first-order valence-electron chi connectivity index (χ1n) is 47.8. The topological polar surface area (TPSA) is 509 Å². The molecule has 0 fully saturated rings. The Labute approximate surface area is 868 Å². The summed E-state index contributed by atoms with van der Waals surface area (Å²) in [5.41, 5.74) is 32.7. The third kappa shape index (κ3) is 29.4. The number of aromatic nitrogens is 17. The molecular weight excluding hydrogens is 1910 g/mol. The second-order valence-corrected chi connectivity index (χ2v) is 35.9. The number of hydrogen-bond acceptors (Lipinski definition) is 27. The smallest absolute Gasteiger partial charge is 0.316 e. The van der Waals surface area contributed by atoms with Crippen LogP contribution >= 0.6 is 24.0 Å². The summed E-state index contributed by atoms with van der Waals surface area (Å²) in [4.78, 5) is 150. The first-order valence-corrected chi connectivity index (χ1v) is 48.2. The van der Waals surface area contributed by atoms with Gasteiger partial charge in [0.1, 0.15) is 69.2 Å². The molecule has 758 valence electrons. The largest absolute Gasteiger partial charge is 0.465 e. The average molecular weight is 2030 g/mol. The number of primary amides is 1. The number of hydrogen-bond donors (Lipinski definition) is 12. The van der Waals surface area contributed by atoms with E-state index in [1.165, 1.54) is 24.9 Å². The minimum atomic E-state index is -1.03. The third-order valence-electron chi connectivity index (χ3n) is 23.0. The van der Waals surface area contributed by atoms with Crippen LogP contribution in [0.15, 0.2) is 291 Å². The van der Waals surface area contributed by atoms with Gasteiger partial charge in [-0.15, -0.1) is 12.4 Å². The molecule has 1 unspecified atom stereocenters. The van der Waals surface area contributed by atoms with Gasteiger partial charge in [-0.1, -0.05) is 277 Å². The first-order chi connectivity index (χ1) is 70.8. The van der Waals surface area contributed by atoms with Crippen molar-refractivity contribution < 1.29 is 33.5 Å². The van der Waals surface area contributed by atoms with Gasteiger partial charge >= 0.3 is 5.97 Å². The van der Waals surface area contributed by atoms with Crippen LogP contribution in [0, 0.1) is 17.2 Å². The molecule has 1 aliphatic heterocycles. The van der Waals surface area contributed by atoms with Gasteiger partial charge in [0.25, 0.3) is 17.2 Å². The van der Waals surface area contributed by atoms with Gasteiger partial charge in [-0.25, -0.2) is 64.8 Å². The summed E-state index contributed by atoms with van der Waals surface area (Å²) in [6.07, 6.45) is 22.3. The number of anilines is 8. The fourth-order valence-electron chi connectivity index (χ4n) is 15.0. The summed E-state index contributed by atoms with van der Waals surface area (Å²) in [5.74, 6) is 3.66. The molecule has 0 aliphatic carbocycles. The van der Waals surface area contributed by atoms with E-state index in [2.05, 4.69) is 137 Å². The number of aromatic amines is 4. The second-order valence-electron chi connectivity index (χ2n) is 35.5. The molecule has 0 bridgehead atoms. The Kier molecular flexibility index (Phi) is 40.2. The number of aldehydes is 1. The van der Waals surface area contributed by atoms with Crippen LogP contribution in [0.1, 0.15) is 186 Å². The molecule has 13 heterocycles. The number of ketones is 3. The number of esters is 1. The Bertz CT molecular complexity index is 7410. The van der Waals surface area contributed by atoms with Crippen molar-refractivity contribution in [3.05, 3.63) is 352 Å². The predicted molar refractivity (Wildman–Crippen MR) is 589 cm³/mol. The molecule has 1 atom stereocenters. The molecular formula is C113H119Cl2N25O8. The number of amidine groups is 1. The zero-order valence-electron chi connectivity index (χ0n) is 84.5. The number of rotatable bonds is 25. The lowest BCUT2D eigenvalue weighted by atomic mass is 9.98. The predicted octanol–water partition coefficient (Wildman–Crippen LogP) is 22.6.